The van der Waals surface area contributed by atoms with E-state index in [9.17, 15) is 4.79 Å². The van der Waals surface area contributed by atoms with Gasteiger partial charge in [-0.15, -0.1) is 0 Å². The van der Waals surface area contributed by atoms with Gasteiger partial charge in [-0.25, -0.2) is 0 Å². The minimum absolute atomic E-state index is 0.0825. The topological polar surface area (TPSA) is 41.6 Å². The number of carbonyl (C=O) groups is 1. The SMILES string of the molecule is O=C(Nc1cccc(CN2CCOCC2)c1)C1CC1c1ccc(Br)cc1. The Balaban J connectivity index is 1.34. The van der Waals surface area contributed by atoms with Crippen LogP contribution in [0, 0.1) is 5.92 Å². The Labute approximate surface area is 162 Å². The first-order chi connectivity index (χ1) is 12.7. The Kier molecular flexibility index (Phi) is 5.38. The summed E-state index contributed by atoms with van der Waals surface area (Å²) in [6.07, 6.45) is 0.931. The predicted molar refractivity (Wildman–Crippen MR) is 106 cm³/mol. The van der Waals surface area contributed by atoms with E-state index >= 15 is 0 Å². The molecular formula is C21H23BrN2O2. The van der Waals surface area contributed by atoms with Crippen LogP contribution in [0.3, 0.4) is 0 Å². The normalized spacial score (nSPS) is 22.8. The zero-order valence-corrected chi connectivity index (χ0v) is 16.2. The molecule has 1 aliphatic heterocycles. The maximum absolute atomic E-state index is 12.6. The summed E-state index contributed by atoms with van der Waals surface area (Å²) in [5.74, 6) is 0.556. The van der Waals surface area contributed by atoms with E-state index in [2.05, 4.69) is 50.4 Å². The second kappa shape index (κ2) is 7.91. The number of hydrogen-bond donors (Lipinski definition) is 1. The van der Waals surface area contributed by atoms with E-state index in [0.29, 0.717) is 5.92 Å². The largest absolute Gasteiger partial charge is 0.379 e. The summed E-state index contributed by atoms with van der Waals surface area (Å²) in [4.78, 5) is 15.0. The van der Waals surface area contributed by atoms with Crippen molar-refractivity contribution in [1.82, 2.24) is 4.90 Å². The molecule has 0 spiro atoms. The van der Waals surface area contributed by atoms with Crippen LogP contribution in [0.5, 0.6) is 0 Å². The van der Waals surface area contributed by atoms with Crippen LogP contribution in [-0.4, -0.2) is 37.1 Å². The van der Waals surface area contributed by atoms with Gasteiger partial charge in [0.15, 0.2) is 0 Å². The molecule has 1 amide bonds. The number of nitrogens with zero attached hydrogens (tertiary/aromatic N) is 1. The highest BCUT2D eigenvalue weighted by Gasteiger charge is 2.43. The van der Waals surface area contributed by atoms with Crippen molar-refractivity contribution in [2.75, 3.05) is 31.6 Å². The van der Waals surface area contributed by atoms with Crippen LogP contribution in [0.25, 0.3) is 0 Å². The van der Waals surface area contributed by atoms with E-state index in [1.807, 2.05) is 24.3 Å². The van der Waals surface area contributed by atoms with Gasteiger partial charge in [0.25, 0.3) is 0 Å². The van der Waals surface area contributed by atoms with Gasteiger partial charge >= 0.3 is 0 Å². The number of rotatable bonds is 5. The third-order valence-electron chi connectivity index (χ3n) is 5.13. The van der Waals surface area contributed by atoms with Gasteiger partial charge in [-0.2, -0.15) is 0 Å². The Hall–Kier alpha value is -1.69. The molecule has 2 aliphatic rings. The molecule has 2 atom stereocenters. The Bertz CT molecular complexity index is 772. The third kappa shape index (κ3) is 4.34. The first-order valence-electron chi connectivity index (χ1n) is 9.14. The van der Waals surface area contributed by atoms with Crippen molar-refractivity contribution in [3.05, 3.63) is 64.1 Å². The Morgan fingerprint density at radius 3 is 2.69 bits per heavy atom. The fourth-order valence-corrected chi connectivity index (χ4v) is 3.83. The predicted octanol–water partition coefficient (Wildman–Crippen LogP) is 4.02. The van der Waals surface area contributed by atoms with E-state index in [4.69, 9.17) is 4.74 Å². The highest BCUT2D eigenvalue weighted by Crippen LogP contribution is 2.48. The highest BCUT2D eigenvalue weighted by molar-refractivity contribution is 9.10. The summed E-state index contributed by atoms with van der Waals surface area (Å²) < 4.78 is 6.47. The lowest BCUT2D eigenvalue weighted by molar-refractivity contribution is -0.117. The van der Waals surface area contributed by atoms with Crippen LogP contribution >= 0.6 is 15.9 Å². The van der Waals surface area contributed by atoms with Crippen LogP contribution < -0.4 is 5.32 Å². The number of halogens is 1. The summed E-state index contributed by atoms with van der Waals surface area (Å²) in [6, 6.07) is 16.5. The molecule has 0 bridgehead atoms. The molecule has 2 aromatic rings. The van der Waals surface area contributed by atoms with Gasteiger partial charge in [0.05, 0.1) is 13.2 Å². The molecule has 4 rings (SSSR count). The van der Waals surface area contributed by atoms with Crippen molar-refractivity contribution in [2.24, 2.45) is 5.92 Å². The van der Waals surface area contributed by atoms with Gasteiger partial charge in [-0.1, -0.05) is 40.2 Å². The molecule has 1 saturated heterocycles. The number of hydrogen-bond acceptors (Lipinski definition) is 3. The zero-order chi connectivity index (χ0) is 17.9. The van der Waals surface area contributed by atoms with Crippen molar-refractivity contribution >= 4 is 27.5 Å². The van der Waals surface area contributed by atoms with E-state index < -0.39 is 0 Å². The number of morpholine rings is 1. The van der Waals surface area contributed by atoms with Crippen molar-refractivity contribution in [2.45, 2.75) is 18.9 Å². The van der Waals surface area contributed by atoms with Gasteiger partial charge in [-0.3, -0.25) is 9.69 Å². The number of amides is 1. The maximum Gasteiger partial charge on any atom is 0.228 e. The van der Waals surface area contributed by atoms with Gasteiger partial charge in [0.1, 0.15) is 0 Å². The number of carbonyl (C=O) groups excluding carboxylic acids is 1. The molecule has 2 aromatic carbocycles. The fourth-order valence-electron chi connectivity index (χ4n) is 3.56. The molecule has 2 fully saturated rings. The van der Waals surface area contributed by atoms with Gasteiger partial charge in [-0.05, 0) is 47.7 Å². The van der Waals surface area contributed by atoms with Crippen molar-refractivity contribution in [1.29, 1.82) is 0 Å². The van der Waals surface area contributed by atoms with Crippen molar-refractivity contribution < 1.29 is 9.53 Å². The standard InChI is InChI=1S/C21H23BrN2O2/c22-17-6-4-16(5-7-17)19-13-20(19)21(25)23-18-3-1-2-15(12-18)14-24-8-10-26-11-9-24/h1-7,12,19-20H,8-11,13-14H2,(H,23,25). The number of ether oxygens (including phenoxy) is 1. The molecule has 1 aliphatic carbocycles. The lowest BCUT2D eigenvalue weighted by Crippen LogP contribution is -2.35. The lowest BCUT2D eigenvalue weighted by atomic mass is 10.1. The second-order valence-electron chi connectivity index (χ2n) is 7.08. The molecule has 0 aromatic heterocycles. The molecule has 5 heteroatoms. The van der Waals surface area contributed by atoms with Crippen LogP contribution in [0.4, 0.5) is 5.69 Å². The molecule has 4 nitrogen and oxygen atoms in total. The van der Waals surface area contributed by atoms with E-state index in [1.165, 1.54) is 11.1 Å². The Morgan fingerprint density at radius 2 is 1.92 bits per heavy atom. The van der Waals surface area contributed by atoms with Crippen molar-refractivity contribution in [3.63, 3.8) is 0 Å². The maximum atomic E-state index is 12.6. The highest BCUT2D eigenvalue weighted by atomic mass is 79.9. The summed E-state index contributed by atoms with van der Waals surface area (Å²) in [5, 5.41) is 3.10. The van der Waals surface area contributed by atoms with Crippen LogP contribution in [0.1, 0.15) is 23.5 Å². The first-order valence-corrected chi connectivity index (χ1v) is 9.94. The Morgan fingerprint density at radius 1 is 1.15 bits per heavy atom. The quantitative estimate of drug-likeness (QED) is 0.802. The van der Waals surface area contributed by atoms with E-state index in [1.54, 1.807) is 0 Å². The molecule has 0 radical (unpaired) electrons. The van der Waals surface area contributed by atoms with E-state index in [-0.39, 0.29) is 11.8 Å². The average Bonchev–Trinajstić information content (AvgIpc) is 3.44. The third-order valence-corrected chi connectivity index (χ3v) is 5.66. The summed E-state index contributed by atoms with van der Waals surface area (Å²) in [6.45, 7) is 4.43. The number of benzene rings is 2. The minimum atomic E-state index is 0.0825. The first kappa shape index (κ1) is 17.7. The fraction of sp³-hybridized carbons (Fsp3) is 0.381. The zero-order valence-electron chi connectivity index (χ0n) is 14.7. The summed E-state index contributed by atoms with van der Waals surface area (Å²) in [5.41, 5.74) is 3.36. The van der Waals surface area contributed by atoms with Gasteiger partial charge in [0.2, 0.25) is 5.91 Å². The van der Waals surface area contributed by atoms with Gasteiger partial charge < -0.3 is 10.1 Å². The lowest BCUT2D eigenvalue weighted by Gasteiger charge is -2.26. The molecule has 136 valence electrons. The molecule has 1 N–H and O–H groups in total. The molecule has 1 saturated carbocycles. The summed E-state index contributed by atoms with van der Waals surface area (Å²) in [7, 11) is 0. The number of anilines is 1. The number of nitrogens with one attached hydrogen (secondary N) is 1. The summed E-state index contributed by atoms with van der Waals surface area (Å²) >= 11 is 3.46. The molecule has 26 heavy (non-hydrogen) atoms. The average molecular weight is 415 g/mol. The molecule has 2 unspecified atom stereocenters. The molecular weight excluding hydrogens is 392 g/mol. The molecule has 1 heterocycles. The van der Waals surface area contributed by atoms with Crippen molar-refractivity contribution in [3.8, 4) is 0 Å². The van der Waals surface area contributed by atoms with Crippen LogP contribution in [0.15, 0.2) is 53.0 Å². The van der Waals surface area contributed by atoms with Crippen LogP contribution in [-0.2, 0) is 16.1 Å². The van der Waals surface area contributed by atoms with E-state index in [0.717, 1.165) is 49.4 Å². The van der Waals surface area contributed by atoms with Gasteiger partial charge in [0, 0.05) is 35.7 Å². The minimum Gasteiger partial charge on any atom is -0.379 e. The second-order valence-corrected chi connectivity index (χ2v) is 7.99. The monoisotopic (exact) mass is 414 g/mol. The smallest absolute Gasteiger partial charge is 0.228 e. The van der Waals surface area contributed by atoms with Crippen LogP contribution in [0.2, 0.25) is 0 Å².